The number of nitrogens with zero attached hydrogens (tertiary/aromatic N) is 3. The minimum atomic E-state index is -0.340. The van der Waals surface area contributed by atoms with Gasteiger partial charge in [0.2, 0.25) is 11.8 Å². The first-order valence-corrected chi connectivity index (χ1v) is 9.83. The monoisotopic (exact) mass is 438 g/mol. The zero-order chi connectivity index (χ0) is 22.1. The average molecular weight is 439 g/mol. The molecule has 31 heavy (non-hydrogen) atoms. The summed E-state index contributed by atoms with van der Waals surface area (Å²) in [6.07, 6.45) is 0.0117. The molecule has 8 nitrogen and oxygen atoms in total. The molecule has 4 aromatic rings. The lowest BCUT2D eigenvalue weighted by Crippen LogP contribution is -2.17. The van der Waals surface area contributed by atoms with Gasteiger partial charge < -0.3 is 9.15 Å². The predicted molar refractivity (Wildman–Crippen MR) is 116 cm³/mol. The number of nitrogens with one attached hydrogen (secondary N) is 1. The van der Waals surface area contributed by atoms with Crippen molar-refractivity contribution in [3.8, 4) is 5.75 Å². The van der Waals surface area contributed by atoms with Gasteiger partial charge in [-0.3, -0.25) is 19.5 Å². The second-order valence-corrected chi connectivity index (χ2v) is 7.38. The van der Waals surface area contributed by atoms with Crippen molar-refractivity contribution in [3.05, 3.63) is 70.2 Å². The summed E-state index contributed by atoms with van der Waals surface area (Å²) >= 11 is 5.96. The predicted octanol–water partition coefficient (Wildman–Crippen LogP) is 4.17. The summed E-state index contributed by atoms with van der Waals surface area (Å²) in [5.41, 5.74) is 2.51. The third kappa shape index (κ3) is 4.02. The minimum Gasteiger partial charge on any atom is -0.497 e. The zero-order valence-electron chi connectivity index (χ0n) is 17.1. The second kappa shape index (κ2) is 8.23. The molecule has 4 rings (SSSR count). The van der Waals surface area contributed by atoms with E-state index in [1.807, 2.05) is 6.07 Å². The summed E-state index contributed by atoms with van der Waals surface area (Å²) in [4.78, 5) is 25.9. The van der Waals surface area contributed by atoms with Gasteiger partial charge in [0.15, 0.2) is 0 Å². The normalized spacial score (nSPS) is 11.0. The van der Waals surface area contributed by atoms with Crippen molar-refractivity contribution in [1.29, 1.82) is 0 Å². The maximum absolute atomic E-state index is 13.3. The molecule has 0 aliphatic heterocycles. The van der Waals surface area contributed by atoms with E-state index in [0.717, 1.165) is 5.39 Å². The summed E-state index contributed by atoms with van der Waals surface area (Å²) < 4.78 is 12.2. The number of methoxy groups -OCH3 is 1. The van der Waals surface area contributed by atoms with Crippen LogP contribution in [0.2, 0.25) is 5.02 Å². The smallest absolute Gasteiger partial charge is 0.322 e. The fourth-order valence-corrected chi connectivity index (χ4v) is 3.59. The van der Waals surface area contributed by atoms with E-state index in [1.165, 1.54) is 0 Å². The number of halogens is 1. The van der Waals surface area contributed by atoms with E-state index in [9.17, 15) is 9.59 Å². The first-order chi connectivity index (χ1) is 14.9. The first kappa shape index (κ1) is 20.6. The fraction of sp³-hybridized carbons (Fsp3) is 0.182. The first-order valence-electron chi connectivity index (χ1n) is 9.45. The van der Waals surface area contributed by atoms with Gasteiger partial charge in [-0.25, -0.2) is 0 Å². The maximum Gasteiger partial charge on any atom is 0.322 e. The van der Waals surface area contributed by atoms with Crippen LogP contribution in [0.4, 0.5) is 6.01 Å². The van der Waals surface area contributed by atoms with Crippen molar-refractivity contribution in [3.63, 3.8) is 0 Å². The third-order valence-corrected chi connectivity index (χ3v) is 5.20. The molecule has 0 atom stereocenters. The Morgan fingerprint density at radius 3 is 2.52 bits per heavy atom. The number of carbonyl (C=O) groups excluding carboxylic acids is 2. The molecule has 0 fully saturated rings. The number of benzene rings is 2. The SMILES string of the molecule is COc1ccc2c(c1)c(CC(=O)Nc1nnc(C)o1)c(C)n2C(=O)c1ccc(Cl)cc1. The third-order valence-electron chi connectivity index (χ3n) is 4.95. The molecule has 0 bridgehead atoms. The van der Waals surface area contributed by atoms with Gasteiger partial charge in [-0.15, -0.1) is 5.10 Å². The summed E-state index contributed by atoms with van der Waals surface area (Å²) in [6, 6.07) is 12.1. The van der Waals surface area contributed by atoms with E-state index in [0.29, 0.717) is 39.0 Å². The number of hydrogen-bond acceptors (Lipinski definition) is 6. The van der Waals surface area contributed by atoms with Crippen LogP contribution in [-0.2, 0) is 11.2 Å². The maximum atomic E-state index is 13.3. The standard InChI is InChI=1S/C22H19ClN4O4/c1-12-17(11-20(28)24-22-26-25-13(2)31-22)18-10-16(30-3)8-9-19(18)27(12)21(29)14-4-6-15(23)7-5-14/h4-10H,11H2,1-3H3,(H,24,26,28). The number of fused-ring (bicyclic) bond motifs is 1. The number of rotatable bonds is 5. The molecule has 1 N–H and O–H groups in total. The number of amides is 1. The molecular formula is C22H19ClN4O4. The van der Waals surface area contributed by atoms with Crippen LogP contribution in [0.3, 0.4) is 0 Å². The van der Waals surface area contributed by atoms with E-state index >= 15 is 0 Å². The van der Waals surface area contributed by atoms with Gasteiger partial charge in [-0.2, -0.15) is 0 Å². The number of carbonyl (C=O) groups is 2. The lowest BCUT2D eigenvalue weighted by molar-refractivity contribution is -0.115. The Bertz CT molecular complexity index is 1290. The van der Waals surface area contributed by atoms with Gasteiger partial charge in [0.25, 0.3) is 5.91 Å². The van der Waals surface area contributed by atoms with Gasteiger partial charge in [0, 0.05) is 28.6 Å². The largest absolute Gasteiger partial charge is 0.497 e. The lowest BCUT2D eigenvalue weighted by atomic mass is 10.1. The number of hydrogen-bond donors (Lipinski definition) is 1. The summed E-state index contributed by atoms with van der Waals surface area (Å²) in [5, 5.41) is 11.4. The molecule has 158 valence electrons. The van der Waals surface area contributed by atoms with E-state index in [1.54, 1.807) is 61.9 Å². The Balaban J connectivity index is 1.77. The molecule has 2 heterocycles. The number of ether oxygens (including phenoxy) is 1. The zero-order valence-corrected chi connectivity index (χ0v) is 17.9. The number of aromatic nitrogens is 3. The van der Waals surface area contributed by atoms with Gasteiger partial charge >= 0.3 is 6.01 Å². The van der Waals surface area contributed by atoms with Crippen molar-refractivity contribution in [2.75, 3.05) is 12.4 Å². The average Bonchev–Trinajstić information content (AvgIpc) is 3.28. The Morgan fingerprint density at radius 2 is 1.87 bits per heavy atom. The van der Waals surface area contributed by atoms with Crippen LogP contribution in [-0.4, -0.2) is 33.7 Å². The van der Waals surface area contributed by atoms with E-state index in [-0.39, 0.29) is 24.2 Å². The summed E-state index contributed by atoms with van der Waals surface area (Å²) in [7, 11) is 1.56. The van der Waals surface area contributed by atoms with E-state index in [2.05, 4.69) is 15.5 Å². The molecule has 0 saturated carbocycles. The van der Waals surface area contributed by atoms with E-state index in [4.69, 9.17) is 20.8 Å². The molecule has 0 spiro atoms. The Labute approximate surface area is 182 Å². The highest BCUT2D eigenvalue weighted by atomic mass is 35.5. The molecular weight excluding hydrogens is 420 g/mol. The Kier molecular flexibility index (Phi) is 5.48. The fourth-order valence-electron chi connectivity index (χ4n) is 3.47. The molecule has 0 saturated heterocycles. The molecule has 0 unspecified atom stereocenters. The molecule has 0 radical (unpaired) electrons. The number of anilines is 1. The second-order valence-electron chi connectivity index (χ2n) is 6.95. The molecule has 0 aliphatic rings. The van der Waals surface area contributed by atoms with Crippen molar-refractivity contribution in [1.82, 2.24) is 14.8 Å². The number of aryl methyl sites for hydroxylation is 1. The van der Waals surface area contributed by atoms with Crippen LogP contribution >= 0.6 is 11.6 Å². The highest BCUT2D eigenvalue weighted by molar-refractivity contribution is 6.30. The summed E-state index contributed by atoms with van der Waals surface area (Å²) in [6.45, 7) is 3.44. The Morgan fingerprint density at radius 1 is 1.13 bits per heavy atom. The Hall–Kier alpha value is -3.65. The molecule has 9 heteroatoms. The highest BCUT2D eigenvalue weighted by Crippen LogP contribution is 2.31. The van der Waals surface area contributed by atoms with Crippen LogP contribution < -0.4 is 10.1 Å². The minimum absolute atomic E-state index is 0.0117. The molecule has 0 aliphatic carbocycles. The van der Waals surface area contributed by atoms with Gasteiger partial charge in [0.1, 0.15) is 5.75 Å². The van der Waals surface area contributed by atoms with Crippen molar-refractivity contribution >= 4 is 40.3 Å². The van der Waals surface area contributed by atoms with Gasteiger partial charge in [-0.1, -0.05) is 16.7 Å². The van der Waals surface area contributed by atoms with Gasteiger partial charge in [-0.05, 0) is 55.0 Å². The van der Waals surface area contributed by atoms with Crippen LogP contribution in [0, 0.1) is 13.8 Å². The molecule has 2 aromatic heterocycles. The van der Waals surface area contributed by atoms with Crippen LogP contribution in [0.15, 0.2) is 46.9 Å². The van der Waals surface area contributed by atoms with Crippen LogP contribution in [0.25, 0.3) is 10.9 Å². The van der Waals surface area contributed by atoms with Crippen LogP contribution in [0.5, 0.6) is 5.75 Å². The van der Waals surface area contributed by atoms with E-state index < -0.39 is 0 Å². The molecule has 1 amide bonds. The van der Waals surface area contributed by atoms with Crippen molar-refractivity contribution < 1.29 is 18.7 Å². The van der Waals surface area contributed by atoms with Gasteiger partial charge in [0.05, 0.1) is 19.0 Å². The quantitative estimate of drug-likeness (QED) is 0.502. The highest BCUT2D eigenvalue weighted by Gasteiger charge is 2.22. The lowest BCUT2D eigenvalue weighted by Gasteiger charge is -2.08. The summed E-state index contributed by atoms with van der Waals surface area (Å²) in [5.74, 6) is 0.412. The topological polar surface area (TPSA) is 99.2 Å². The van der Waals surface area contributed by atoms with Crippen molar-refractivity contribution in [2.24, 2.45) is 0 Å². The van der Waals surface area contributed by atoms with Crippen molar-refractivity contribution in [2.45, 2.75) is 20.3 Å². The molecule has 2 aromatic carbocycles. The van der Waals surface area contributed by atoms with Crippen LogP contribution in [0.1, 0.15) is 27.5 Å².